The highest BCUT2D eigenvalue weighted by Gasteiger charge is 2.14. The zero-order valence-corrected chi connectivity index (χ0v) is 8.29. The first kappa shape index (κ1) is 10.3. The highest BCUT2D eigenvalue weighted by molar-refractivity contribution is 6.01. The Morgan fingerprint density at radius 2 is 2.14 bits per heavy atom. The van der Waals surface area contributed by atoms with Crippen molar-refractivity contribution in [3.8, 4) is 5.75 Å². The van der Waals surface area contributed by atoms with E-state index in [1.165, 1.54) is 13.1 Å². The van der Waals surface area contributed by atoms with Gasteiger partial charge in [-0.3, -0.25) is 4.79 Å². The second-order valence-electron chi connectivity index (χ2n) is 3.06. The minimum absolute atomic E-state index is 0.0233. The van der Waals surface area contributed by atoms with Crippen LogP contribution in [-0.2, 0) is 0 Å². The zero-order valence-electron chi connectivity index (χ0n) is 8.29. The van der Waals surface area contributed by atoms with Crippen molar-refractivity contribution in [2.75, 3.05) is 7.05 Å². The molecule has 1 rings (SSSR count). The molecule has 0 saturated heterocycles. The van der Waals surface area contributed by atoms with E-state index in [-0.39, 0.29) is 17.2 Å². The molecule has 1 amide bonds. The number of rotatable bonds is 2. The van der Waals surface area contributed by atoms with Crippen LogP contribution in [0.15, 0.2) is 24.8 Å². The average Bonchev–Trinajstić information content (AvgIpc) is 2.16. The molecule has 74 valence electrons. The highest BCUT2D eigenvalue weighted by atomic mass is 16.3. The maximum Gasteiger partial charge on any atom is 0.255 e. The van der Waals surface area contributed by atoms with Crippen molar-refractivity contribution >= 4 is 11.5 Å². The van der Waals surface area contributed by atoms with Crippen LogP contribution in [0.3, 0.4) is 0 Å². The van der Waals surface area contributed by atoms with Crippen LogP contribution in [-0.4, -0.2) is 18.1 Å². The molecule has 0 aliphatic heterocycles. The predicted octanol–water partition coefficient (Wildman–Crippen LogP) is 1.78. The molecule has 0 heterocycles. The van der Waals surface area contributed by atoms with Gasteiger partial charge in [0, 0.05) is 7.05 Å². The third-order valence-corrected chi connectivity index (χ3v) is 1.96. The Hall–Kier alpha value is -1.77. The summed E-state index contributed by atoms with van der Waals surface area (Å²) in [6, 6.07) is 4.93. The van der Waals surface area contributed by atoms with Crippen LogP contribution >= 0.6 is 0 Å². The van der Waals surface area contributed by atoms with E-state index in [1.807, 2.05) is 0 Å². The minimum Gasteiger partial charge on any atom is -0.507 e. The summed E-state index contributed by atoms with van der Waals surface area (Å²) in [7, 11) is 1.52. The van der Waals surface area contributed by atoms with Gasteiger partial charge in [-0.2, -0.15) is 0 Å². The minimum atomic E-state index is -0.305. The average molecular weight is 191 g/mol. The van der Waals surface area contributed by atoms with Gasteiger partial charge in [-0.15, -0.1) is 0 Å². The van der Waals surface area contributed by atoms with Crippen molar-refractivity contribution < 1.29 is 9.90 Å². The smallest absolute Gasteiger partial charge is 0.255 e. The van der Waals surface area contributed by atoms with Gasteiger partial charge < -0.3 is 10.4 Å². The van der Waals surface area contributed by atoms with Gasteiger partial charge in [0.25, 0.3) is 5.91 Å². The van der Waals surface area contributed by atoms with Crippen LogP contribution in [0.1, 0.15) is 22.8 Å². The molecule has 0 aliphatic rings. The van der Waals surface area contributed by atoms with Gasteiger partial charge in [-0.1, -0.05) is 24.3 Å². The number of hydrogen-bond donors (Lipinski definition) is 2. The summed E-state index contributed by atoms with van der Waals surface area (Å²) in [4.78, 5) is 11.4. The van der Waals surface area contributed by atoms with Crippen LogP contribution in [0, 0.1) is 0 Å². The molecule has 3 heteroatoms. The highest BCUT2D eigenvalue weighted by Crippen LogP contribution is 2.25. The number of hydrogen-bond acceptors (Lipinski definition) is 2. The van der Waals surface area contributed by atoms with E-state index >= 15 is 0 Å². The summed E-state index contributed by atoms with van der Waals surface area (Å²) >= 11 is 0. The fraction of sp³-hybridized carbons (Fsp3) is 0.182. The molecule has 0 saturated carbocycles. The first-order chi connectivity index (χ1) is 6.57. The Bertz CT molecular complexity index is 383. The number of phenols is 1. The number of allylic oxidation sites excluding steroid dienone is 1. The van der Waals surface area contributed by atoms with Gasteiger partial charge in [0.2, 0.25) is 0 Å². The molecule has 0 spiro atoms. The molecule has 0 radical (unpaired) electrons. The Balaban J connectivity index is 3.36. The van der Waals surface area contributed by atoms with Gasteiger partial charge in [-0.25, -0.2) is 0 Å². The van der Waals surface area contributed by atoms with Crippen LogP contribution in [0.5, 0.6) is 5.75 Å². The molecule has 0 fully saturated rings. The zero-order chi connectivity index (χ0) is 10.7. The Morgan fingerprint density at radius 1 is 1.50 bits per heavy atom. The fourth-order valence-corrected chi connectivity index (χ4v) is 1.26. The van der Waals surface area contributed by atoms with Crippen molar-refractivity contribution in [2.45, 2.75) is 6.92 Å². The molecule has 0 bridgehead atoms. The fourth-order valence-electron chi connectivity index (χ4n) is 1.26. The normalized spacial score (nSPS) is 9.57. The maximum absolute atomic E-state index is 11.4. The van der Waals surface area contributed by atoms with E-state index < -0.39 is 0 Å². The molecule has 1 aromatic rings. The second-order valence-corrected chi connectivity index (χ2v) is 3.06. The number of carbonyl (C=O) groups is 1. The number of phenolic OH excluding ortho intramolecular Hbond substituents is 1. The maximum atomic E-state index is 11.4. The summed E-state index contributed by atoms with van der Waals surface area (Å²) in [6.45, 7) is 5.55. The molecule has 2 N–H and O–H groups in total. The van der Waals surface area contributed by atoms with Crippen LogP contribution in [0.25, 0.3) is 5.57 Å². The Kier molecular flexibility index (Phi) is 2.92. The summed E-state index contributed by atoms with van der Waals surface area (Å²) in [6.07, 6.45) is 0. The summed E-state index contributed by atoms with van der Waals surface area (Å²) < 4.78 is 0. The molecule has 1 aromatic carbocycles. The SMILES string of the molecule is C=C(C)c1cccc(O)c1C(=O)NC. The quantitative estimate of drug-likeness (QED) is 0.748. The number of carbonyl (C=O) groups excluding carboxylic acids is 1. The summed E-state index contributed by atoms with van der Waals surface area (Å²) in [5.74, 6) is -0.328. The Morgan fingerprint density at radius 3 is 2.64 bits per heavy atom. The van der Waals surface area contributed by atoms with Crippen molar-refractivity contribution in [1.82, 2.24) is 5.32 Å². The van der Waals surface area contributed by atoms with Crippen LogP contribution in [0.2, 0.25) is 0 Å². The van der Waals surface area contributed by atoms with E-state index in [1.54, 1.807) is 19.1 Å². The van der Waals surface area contributed by atoms with E-state index in [2.05, 4.69) is 11.9 Å². The summed E-state index contributed by atoms with van der Waals surface area (Å²) in [5.41, 5.74) is 1.70. The monoisotopic (exact) mass is 191 g/mol. The van der Waals surface area contributed by atoms with Crippen LogP contribution in [0.4, 0.5) is 0 Å². The van der Waals surface area contributed by atoms with Crippen molar-refractivity contribution in [2.24, 2.45) is 0 Å². The molecule has 0 atom stereocenters. The lowest BCUT2D eigenvalue weighted by molar-refractivity contribution is 0.0960. The molecule has 0 unspecified atom stereocenters. The lowest BCUT2D eigenvalue weighted by atomic mass is 10.0. The predicted molar refractivity (Wildman–Crippen MR) is 56.2 cm³/mol. The third-order valence-electron chi connectivity index (χ3n) is 1.96. The van der Waals surface area contributed by atoms with Crippen LogP contribution < -0.4 is 5.32 Å². The molecule has 3 nitrogen and oxygen atoms in total. The molecular weight excluding hydrogens is 178 g/mol. The number of amides is 1. The van der Waals surface area contributed by atoms with Crippen molar-refractivity contribution in [1.29, 1.82) is 0 Å². The van der Waals surface area contributed by atoms with E-state index in [0.717, 1.165) is 5.57 Å². The standard InChI is InChI=1S/C11H13NO2/c1-7(2)8-5-4-6-9(13)10(8)11(14)12-3/h4-6,13H,1H2,2-3H3,(H,12,14). The van der Waals surface area contributed by atoms with E-state index in [0.29, 0.717) is 5.56 Å². The van der Waals surface area contributed by atoms with Crippen molar-refractivity contribution in [3.63, 3.8) is 0 Å². The number of nitrogens with one attached hydrogen (secondary N) is 1. The number of aromatic hydroxyl groups is 1. The van der Waals surface area contributed by atoms with E-state index in [9.17, 15) is 9.90 Å². The van der Waals surface area contributed by atoms with Gasteiger partial charge in [0.15, 0.2) is 0 Å². The summed E-state index contributed by atoms with van der Waals surface area (Å²) in [5, 5.41) is 12.0. The van der Waals surface area contributed by atoms with Crippen molar-refractivity contribution in [3.05, 3.63) is 35.9 Å². The first-order valence-electron chi connectivity index (χ1n) is 4.28. The first-order valence-corrected chi connectivity index (χ1v) is 4.28. The van der Waals surface area contributed by atoms with Gasteiger partial charge in [0.05, 0.1) is 5.56 Å². The Labute approximate surface area is 83.1 Å². The molecule has 0 aromatic heterocycles. The van der Waals surface area contributed by atoms with Gasteiger partial charge >= 0.3 is 0 Å². The number of benzene rings is 1. The van der Waals surface area contributed by atoms with E-state index in [4.69, 9.17) is 0 Å². The molecule has 0 aliphatic carbocycles. The topological polar surface area (TPSA) is 49.3 Å². The van der Waals surface area contributed by atoms with Gasteiger partial charge in [0.1, 0.15) is 5.75 Å². The lowest BCUT2D eigenvalue weighted by Gasteiger charge is -2.09. The second kappa shape index (κ2) is 3.96. The largest absolute Gasteiger partial charge is 0.507 e. The molecule has 14 heavy (non-hydrogen) atoms. The lowest BCUT2D eigenvalue weighted by Crippen LogP contribution is -2.19. The molecular formula is C11H13NO2. The third kappa shape index (κ3) is 1.76. The van der Waals surface area contributed by atoms with Gasteiger partial charge in [-0.05, 0) is 18.6 Å².